The van der Waals surface area contributed by atoms with E-state index < -0.39 is 10.4 Å². The van der Waals surface area contributed by atoms with Crippen molar-refractivity contribution >= 4 is 16.1 Å². The molecule has 1 aromatic rings. The summed E-state index contributed by atoms with van der Waals surface area (Å²) >= 11 is 0. The molecule has 1 rings (SSSR count). The summed E-state index contributed by atoms with van der Waals surface area (Å²) in [6, 6.07) is 10.7. The summed E-state index contributed by atoms with van der Waals surface area (Å²) in [6.45, 7) is 2.29. The standard InChI is InChI=1S/C25H47N2.H2O4S/c1-4-5-6-7-8-9-10-11-12-13-14-15-16-20-23-25(26)27(2,3)24-21-18-17-19-22-24;1-5(2,3)4/h17-19,21-22,25H,4-16,20,23,26H2,1-3H3;(H2,1,2,3,4)/q+1;. The Morgan fingerprint density at radius 1 is 0.750 bits per heavy atom. The van der Waals surface area contributed by atoms with Gasteiger partial charge in [0.1, 0.15) is 11.9 Å². The Labute approximate surface area is 197 Å². The number of nitrogens with zero attached hydrogens (tertiary/aromatic N) is 1. The number of quaternary nitrogens is 1. The van der Waals surface area contributed by atoms with E-state index >= 15 is 0 Å². The van der Waals surface area contributed by atoms with E-state index in [-0.39, 0.29) is 6.17 Å². The Hall–Kier alpha value is -0.990. The van der Waals surface area contributed by atoms with Crippen molar-refractivity contribution in [3.05, 3.63) is 30.3 Å². The van der Waals surface area contributed by atoms with Crippen LogP contribution >= 0.6 is 0 Å². The summed E-state index contributed by atoms with van der Waals surface area (Å²) in [5.74, 6) is 0. The van der Waals surface area contributed by atoms with Crippen LogP contribution < -0.4 is 10.2 Å². The van der Waals surface area contributed by atoms with Gasteiger partial charge in [-0.25, -0.2) is 0 Å². The van der Waals surface area contributed by atoms with Crippen LogP contribution in [0, 0.1) is 0 Å². The highest BCUT2D eigenvalue weighted by atomic mass is 32.3. The second-order valence-corrected chi connectivity index (χ2v) is 10.2. The first kappa shape index (κ1) is 31.0. The summed E-state index contributed by atoms with van der Waals surface area (Å²) in [5, 5.41) is 0. The molecule has 0 heterocycles. The topological polar surface area (TPSA) is 101 Å². The van der Waals surface area contributed by atoms with Gasteiger partial charge in [0.25, 0.3) is 0 Å². The zero-order chi connectivity index (χ0) is 24.3. The molecule has 0 amide bonds. The lowest BCUT2D eigenvalue weighted by molar-refractivity contribution is 0.276. The number of para-hydroxylation sites is 1. The smallest absolute Gasteiger partial charge is 0.281 e. The van der Waals surface area contributed by atoms with Crippen molar-refractivity contribution in [2.24, 2.45) is 5.73 Å². The molecule has 0 aliphatic carbocycles. The molecule has 0 aromatic heterocycles. The summed E-state index contributed by atoms with van der Waals surface area (Å²) < 4.78 is 32.4. The van der Waals surface area contributed by atoms with Crippen molar-refractivity contribution in [2.45, 2.75) is 109 Å². The number of unbranched alkanes of at least 4 members (excludes halogenated alkanes) is 13. The maximum atomic E-state index is 8.74. The number of nitrogens with two attached hydrogens (primary N) is 1. The average molecular weight is 474 g/mol. The van der Waals surface area contributed by atoms with E-state index in [1.165, 1.54) is 95.6 Å². The first-order valence-corrected chi connectivity index (χ1v) is 13.8. The van der Waals surface area contributed by atoms with E-state index in [0.717, 1.165) is 10.9 Å². The molecule has 188 valence electrons. The molecule has 0 spiro atoms. The molecular formula is C25H49N2O4S+. The Bertz CT molecular complexity index is 643. The number of hydrogen-bond acceptors (Lipinski definition) is 3. The van der Waals surface area contributed by atoms with Gasteiger partial charge in [0.2, 0.25) is 0 Å². The lowest BCUT2D eigenvalue weighted by Gasteiger charge is -2.35. The molecule has 0 aliphatic rings. The van der Waals surface area contributed by atoms with Crippen LogP contribution in [0.5, 0.6) is 0 Å². The SMILES string of the molecule is CCCCCCCCCCCCCCCCC(N)[N+](C)(C)c1ccccc1.O=S(=O)(O)O. The van der Waals surface area contributed by atoms with Crippen LogP contribution in [-0.4, -0.2) is 37.8 Å². The zero-order valence-electron chi connectivity index (χ0n) is 20.7. The zero-order valence-corrected chi connectivity index (χ0v) is 21.5. The highest BCUT2D eigenvalue weighted by Gasteiger charge is 2.26. The van der Waals surface area contributed by atoms with Crippen molar-refractivity contribution in [1.82, 2.24) is 4.48 Å². The average Bonchev–Trinajstić information content (AvgIpc) is 2.73. The third-order valence-corrected chi connectivity index (χ3v) is 6.10. The summed E-state index contributed by atoms with van der Waals surface area (Å²) in [5.41, 5.74) is 7.80. The molecule has 0 aliphatic heterocycles. The number of benzene rings is 1. The highest BCUT2D eigenvalue weighted by Crippen LogP contribution is 2.22. The fourth-order valence-electron chi connectivity index (χ4n) is 3.87. The predicted octanol–water partition coefficient (Wildman–Crippen LogP) is 6.76. The van der Waals surface area contributed by atoms with Crippen molar-refractivity contribution in [3.8, 4) is 0 Å². The normalized spacial score (nSPS) is 12.8. The van der Waals surface area contributed by atoms with E-state index in [1.807, 2.05) is 0 Å². The van der Waals surface area contributed by atoms with E-state index in [9.17, 15) is 0 Å². The van der Waals surface area contributed by atoms with Crippen LogP contribution in [0.2, 0.25) is 0 Å². The molecule has 1 unspecified atom stereocenters. The van der Waals surface area contributed by atoms with Gasteiger partial charge in [0.05, 0.1) is 14.1 Å². The Morgan fingerprint density at radius 3 is 1.47 bits per heavy atom. The molecule has 1 atom stereocenters. The molecule has 0 saturated carbocycles. The van der Waals surface area contributed by atoms with E-state index in [4.69, 9.17) is 23.3 Å². The molecule has 7 heteroatoms. The predicted molar refractivity (Wildman–Crippen MR) is 137 cm³/mol. The first-order chi connectivity index (χ1) is 15.1. The monoisotopic (exact) mass is 473 g/mol. The van der Waals surface area contributed by atoms with Gasteiger partial charge in [-0.3, -0.25) is 19.3 Å². The molecule has 0 fully saturated rings. The summed E-state index contributed by atoms with van der Waals surface area (Å²) in [7, 11) is -0.215. The van der Waals surface area contributed by atoms with Crippen LogP contribution in [0.3, 0.4) is 0 Å². The van der Waals surface area contributed by atoms with Crippen molar-refractivity contribution in [1.29, 1.82) is 0 Å². The third-order valence-electron chi connectivity index (χ3n) is 6.10. The molecule has 32 heavy (non-hydrogen) atoms. The number of hydrogen-bond donors (Lipinski definition) is 3. The molecule has 0 saturated heterocycles. The second-order valence-electron chi connectivity index (χ2n) is 9.28. The van der Waals surface area contributed by atoms with Crippen LogP contribution in [0.25, 0.3) is 0 Å². The lowest BCUT2D eigenvalue weighted by atomic mass is 10.0. The minimum atomic E-state index is -4.67. The Balaban J connectivity index is 0.00000172. The maximum absolute atomic E-state index is 8.74. The minimum Gasteiger partial charge on any atom is -0.281 e. The van der Waals surface area contributed by atoms with Crippen molar-refractivity contribution in [3.63, 3.8) is 0 Å². The van der Waals surface area contributed by atoms with Gasteiger partial charge in [0.15, 0.2) is 0 Å². The quantitative estimate of drug-likeness (QED) is 0.100. The van der Waals surface area contributed by atoms with Crippen molar-refractivity contribution < 1.29 is 17.5 Å². The summed E-state index contributed by atoms with van der Waals surface area (Å²) in [6.07, 6.45) is 21.0. The van der Waals surface area contributed by atoms with Crippen LogP contribution in [0.1, 0.15) is 103 Å². The van der Waals surface area contributed by atoms with Gasteiger partial charge in [-0.05, 0) is 18.6 Å². The maximum Gasteiger partial charge on any atom is 0.394 e. The van der Waals surface area contributed by atoms with Gasteiger partial charge < -0.3 is 0 Å². The highest BCUT2D eigenvalue weighted by molar-refractivity contribution is 7.79. The lowest BCUT2D eigenvalue weighted by Crippen LogP contribution is -2.55. The van der Waals surface area contributed by atoms with E-state index in [0.29, 0.717) is 0 Å². The first-order valence-electron chi connectivity index (χ1n) is 12.4. The van der Waals surface area contributed by atoms with Gasteiger partial charge in [0, 0.05) is 6.42 Å². The largest absolute Gasteiger partial charge is 0.394 e. The van der Waals surface area contributed by atoms with Gasteiger partial charge in [-0.2, -0.15) is 8.42 Å². The van der Waals surface area contributed by atoms with Gasteiger partial charge in [-0.15, -0.1) is 0 Å². The molecule has 4 N–H and O–H groups in total. The third kappa shape index (κ3) is 18.6. The Morgan fingerprint density at radius 2 is 1.09 bits per heavy atom. The van der Waals surface area contributed by atoms with E-state index in [2.05, 4.69) is 51.4 Å². The molecule has 6 nitrogen and oxygen atoms in total. The van der Waals surface area contributed by atoms with Gasteiger partial charge >= 0.3 is 10.4 Å². The molecular weight excluding hydrogens is 424 g/mol. The van der Waals surface area contributed by atoms with Crippen LogP contribution in [0.15, 0.2) is 30.3 Å². The second kappa shape index (κ2) is 18.4. The molecule has 0 bridgehead atoms. The summed E-state index contributed by atoms with van der Waals surface area (Å²) in [4.78, 5) is 0. The number of rotatable bonds is 17. The fourth-order valence-corrected chi connectivity index (χ4v) is 3.87. The van der Waals surface area contributed by atoms with Crippen LogP contribution in [-0.2, 0) is 10.4 Å². The van der Waals surface area contributed by atoms with Crippen LogP contribution in [0.4, 0.5) is 5.69 Å². The molecule has 1 aromatic carbocycles. The Kier molecular flexibility index (Phi) is 17.9. The fraction of sp³-hybridized carbons (Fsp3) is 0.760. The van der Waals surface area contributed by atoms with Crippen molar-refractivity contribution in [2.75, 3.05) is 14.1 Å². The minimum absolute atomic E-state index is 0.185. The van der Waals surface area contributed by atoms with Gasteiger partial charge in [-0.1, -0.05) is 109 Å². The van der Waals surface area contributed by atoms with E-state index in [1.54, 1.807) is 0 Å². The molecule has 0 radical (unpaired) electrons.